The van der Waals surface area contributed by atoms with Gasteiger partial charge < -0.3 is 14.8 Å². The number of aromatic nitrogens is 2. The van der Waals surface area contributed by atoms with Crippen molar-refractivity contribution in [1.29, 1.82) is 0 Å². The summed E-state index contributed by atoms with van der Waals surface area (Å²) < 4.78 is 1.80. The van der Waals surface area contributed by atoms with Crippen molar-refractivity contribution in [2.24, 2.45) is 13.0 Å². The molecule has 0 radical (unpaired) electrons. The molecule has 2 fully saturated rings. The zero-order valence-electron chi connectivity index (χ0n) is 10.3. The average Bonchev–Trinajstić information content (AvgIpc) is 2.92. The lowest BCUT2D eigenvalue weighted by Gasteiger charge is -2.27. The van der Waals surface area contributed by atoms with Gasteiger partial charge in [0.05, 0.1) is 0 Å². The first-order chi connectivity index (χ1) is 8.18. The summed E-state index contributed by atoms with van der Waals surface area (Å²) in [6.45, 7) is 4.10. The van der Waals surface area contributed by atoms with Crippen LogP contribution in [0.4, 0.5) is 0 Å². The lowest BCUT2D eigenvalue weighted by Crippen LogP contribution is -2.43. The first-order valence-corrected chi connectivity index (χ1v) is 6.19. The molecule has 1 amide bonds. The van der Waals surface area contributed by atoms with Gasteiger partial charge in [0.15, 0.2) is 5.82 Å². The Labute approximate surface area is 101 Å². The molecule has 3 heterocycles. The fraction of sp³-hybridized carbons (Fsp3) is 0.667. The van der Waals surface area contributed by atoms with Gasteiger partial charge in [-0.05, 0) is 19.3 Å². The summed E-state index contributed by atoms with van der Waals surface area (Å²) in [5.74, 6) is 1.24. The lowest BCUT2D eigenvalue weighted by molar-refractivity contribution is 0.0666. The predicted molar refractivity (Wildman–Crippen MR) is 63.6 cm³/mol. The Hall–Kier alpha value is -1.36. The van der Waals surface area contributed by atoms with Crippen LogP contribution < -0.4 is 5.32 Å². The van der Waals surface area contributed by atoms with Gasteiger partial charge in [-0.25, -0.2) is 4.98 Å². The number of hydrogen-bond acceptors (Lipinski definition) is 3. The summed E-state index contributed by atoms with van der Waals surface area (Å²) in [6, 6.07) is 0.686. The molecule has 0 aliphatic carbocycles. The number of aryl methyl sites for hydroxylation is 1. The third kappa shape index (κ3) is 1.57. The number of hydrogen-bond donors (Lipinski definition) is 1. The van der Waals surface area contributed by atoms with E-state index in [2.05, 4.69) is 17.2 Å². The van der Waals surface area contributed by atoms with Crippen molar-refractivity contribution in [2.75, 3.05) is 13.1 Å². The molecule has 2 aliphatic heterocycles. The third-order valence-electron chi connectivity index (χ3n) is 4.03. The first kappa shape index (κ1) is 10.8. The quantitative estimate of drug-likeness (QED) is 0.757. The number of fused-ring (bicyclic) bond motifs is 1. The van der Waals surface area contributed by atoms with E-state index in [1.165, 1.54) is 0 Å². The Morgan fingerprint density at radius 3 is 3.06 bits per heavy atom. The second-order valence-corrected chi connectivity index (χ2v) is 5.14. The van der Waals surface area contributed by atoms with Crippen molar-refractivity contribution in [2.45, 2.75) is 25.4 Å². The molecule has 5 nitrogen and oxygen atoms in total. The first-order valence-electron chi connectivity index (χ1n) is 6.19. The molecule has 0 saturated carbocycles. The van der Waals surface area contributed by atoms with Crippen molar-refractivity contribution in [3.8, 4) is 0 Å². The van der Waals surface area contributed by atoms with Crippen molar-refractivity contribution < 1.29 is 4.79 Å². The Morgan fingerprint density at radius 1 is 1.53 bits per heavy atom. The highest BCUT2D eigenvalue weighted by Gasteiger charge is 2.44. The van der Waals surface area contributed by atoms with E-state index in [1.54, 1.807) is 10.8 Å². The van der Waals surface area contributed by atoms with Gasteiger partial charge >= 0.3 is 0 Å². The normalized spacial score (nSPS) is 31.9. The van der Waals surface area contributed by atoms with Gasteiger partial charge in [-0.15, -0.1) is 0 Å². The van der Waals surface area contributed by atoms with Gasteiger partial charge in [-0.3, -0.25) is 4.79 Å². The molecule has 0 spiro atoms. The van der Waals surface area contributed by atoms with E-state index < -0.39 is 0 Å². The zero-order valence-corrected chi connectivity index (χ0v) is 10.3. The number of likely N-dealkylation sites (tertiary alicyclic amines) is 1. The summed E-state index contributed by atoms with van der Waals surface area (Å²) in [4.78, 5) is 18.7. The molecule has 1 aromatic rings. The molecule has 0 bridgehead atoms. The maximum Gasteiger partial charge on any atom is 0.290 e. The Kier molecular flexibility index (Phi) is 2.43. The molecule has 3 unspecified atom stereocenters. The number of carbonyl (C=O) groups excluding carboxylic acids is 1. The van der Waals surface area contributed by atoms with Crippen molar-refractivity contribution >= 4 is 5.91 Å². The summed E-state index contributed by atoms with van der Waals surface area (Å²) >= 11 is 0. The van der Waals surface area contributed by atoms with E-state index in [4.69, 9.17) is 0 Å². The number of amides is 1. The van der Waals surface area contributed by atoms with Crippen molar-refractivity contribution in [3.05, 3.63) is 18.2 Å². The van der Waals surface area contributed by atoms with Gasteiger partial charge in [0.25, 0.3) is 5.91 Å². The topological polar surface area (TPSA) is 50.2 Å². The minimum Gasteiger partial charge on any atom is -0.330 e. The highest BCUT2D eigenvalue weighted by Crippen LogP contribution is 2.32. The van der Waals surface area contributed by atoms with Crippen LogP contribution >= 0.6 is 0 Å². The molecule has 92 valence electrons. The molecule has 1 aromatic heterocycles. The Balaban J connectivity index is 1.88. The van der Waals surface area contributed by atoms with Crippen LogP contribution in [0.3, 0.4) is 0 Å². The van der Waals surface area contributed by atoms with Gasteiger partial charge in [-0.2, -0.15) is 0 Å². The zero-order chi connectivity index (χ0) is 12.0. The molecule has 2 saturated heterocycles. The van der Waals surface area contributed by atoms with Crippen LogP contribution in [0.2, 0.25) is 0 Å². The van der Waals surface area contributed by atoms with E-state index in [9.17, 15) is 4.79 Å². The maximum atomic E-state index is 12.5. The number of nitrogens with one attached hydrogen (secondary N) is 1. The molecule has 3 rings (SSSR count). The Bertz CT molecular complexity index is 441. The monoisotopic (exact) mass is 234 g/mol. The van der Waals surface area contributed by atoms with Crippen molar-refractivity contribution in [3.63, 3.8) is 0 Å². The van der Waals surface area contributed by atoms with E-state index in [0.717, 1.165) is 19.5 Å². The molecular weight excluding hydrogens is 216 g/mol. The molecule has 5 heteroatoms. The fourth-order valence-electron chi connectivity index (χ4n) is 3.20. The minimum absolute atomic E-state index is 0.0706. The van der Waals surface area contributed by atoms with Gasteiger partial charge in [0, 0.05) is 44.6 Å². The van der Waals surface area contributed by atoms with Crippen LogP contribution in [0.15, 0.2) is 12.4 Å². The van der Waals surface area contributed by atoms with E-state index in [0.29, 0.717) is 23.8 Å². The van der Waals surface area contributed by atoms with Crippen molar-refractivity contribution in [1.82, 2.24) is 19.8 Å². The molecule has 3 atom stereocenters. The van der Waals surface area contributed by atoms with Gasteiger partial charge in [-0.1, -0.05) is 0 Å². The third-order valence-corrected chi connectivity index (χ3v) is 4.03. The second-order valence-electron chi connectivity index (χ2n) is 5.14. The molecule has 1 N–H and O–H groups in total. The highest BCUT2D eigenvalue weighted by atomic mass is 16.2. The largest absolute Gasteiger partial charge is 0.330 e. The number of nitrogens with zero attached hydrogens (tertiary/aromatic N) is 3. The predicted octanol–water partition coefficient (Wildman–Crippen LogP) is 0.242. The maximum absolute atomic E-state index is 12.5. The van der Waals surface area contributed by atoms with E-state index >= 15 is 0 Å². The van der Waals surface area contributed by atoms with Crippen LogP contribution in [0.5, 0.6) is 0 Å². The number of rotatable bonds is 1. The lowest BCUT2D eigenvalue weighted by atomic mass is 10.0. The SMILES string of the molecule is CC1CC2CNCC2N1C(=O)c1nccn1C. The fourth-order valence-corrected chi connectivity index (χ4v) is 3.20. The van der Waals surface area contributed by atoms with Crippen LogP contribution in [0, 0.1) is 5.92 Å². The van der Waals surface area contributed by atoms with Crippen LogP contribution in [0.25, 0.3) is 0 Å². The highest BCUT2D eigenvalue weighted by molar-refractivity contribution is 5.91. The van der Waals surface area contributed by atoms with Crippen LogP contribution in [-0.2, 0) is 7.05 Å². The van der Waals surface area contributed by atoms with E-state index in [-0.39, 0.29) is 5.91 Å². The number of carbonyl (C=O) groups is 1. The van der Waals surface area contributed by atoms with Gasteiger partial charge in [0.1, 0.15) is 0 Å². The van der Waals surface area contributed by atoms with E-state index in [1.807, 2.05) is 18.1 Å². The second kappa shape index (κ2) is 3.84. The molecule has 0 aromatic carbocycles. The van der Waals surface area contributed by atoms with Gasteiger partial charge in [0.2, 0.25) is 0 Å². The number of imidazole rings is 1. The Morgan fingerprint density at radius 2 is 2.35 bits per heavy atom. The molecule has 17 heavy (non-hydrogen) atoms. The molecular formula is C12H18N4O. The molecule has 2 aliphatic rings. The summed E-state index contributed by atoms with van der Waals surface area (Å²) in [6.07, 6.45) is 4.60. The smallest absolute Gasteiger partial charge is 0.290 e. The van der Waals surface area contributed by atoms with Crippen LogP contribution in [-0.4, -0.2) is 45.5 Å². The summed E-state index contributed by atoms with van der Waals surface area (Å²) in [7, 11) is 1.87. The van der Waals surface area contributed by atoms with Crippen LogP contribution in [0.1, 0.15) is 24.0 Å². The summed E-state index contributed by atoms with van der Waals surface area (Å²) in [5, 5.41) is 3.37. The summed E-state index contributed by atoms with van der Waals surface area (Å²) in [5.41, 5.74) is 0. The minimum atomic E-state index is 0.0706. The average molecular weight is 234 g/mol. The standard InChI is InChI=1S/C12H18N4O/c1-8-5-9-6-13-7-10(9)16(8)12(17)11-14-3-4-15(11)2/h3-4,8-10,13H,5-7H2,1-2H3.